The number of carbonyl (C=O) groups excluding carboxylic acids is 2. The number of hydrazone groups is 1. The average molecular weight is 375 g/mol. The van der Waals surface area contributed by atoms with E-state index in [0.717, 1.165) is 11.3 Å². The summed E-state index contributed by atoms with van der Waals surface area (Å²) in [7, 11) is 0. The summed E-state index contributed by atoms with van der Waals surface area (Å²) in [6.07, 6.45) is 0.225. The third-order valence-electron chi connectivity index (χ3n) is 4.13. The van der Waals surface area contributed by atoms with Crippen LogP contribution in [0.2, 0.25) is 0 Å². The maximum Gasteiger partial charge on any atom is 0.428 e. The van der Waals surface area contributed by atoms with Crippen molar-refractivity contribution in [1.29, 1.82) is 0 Å². The largest absolute Gasteiger partial charge is 0.444 e. The predicted molar refractivity (Wildman–Crippen MR) is 103 cm³/mol. The first-order chi connectivity index (χ1) is 12.7. The molecular formula is C20H29N3O4. The van der Waals surface area contributed by atoms with Crippen molar-refractivity contribution in [1.82, 2.24) is 10.3 Å². The molecule has 0 radical (unpaired) electrons. The molecule has 0 aliphatic carbocycles. The van der Waals surface area contributed by atoms with Crippen molar-refractivity contribution in [3.63, 3.8) is 0 Å². The molecule has 27 heavy (non-hydrogen) atoms. The summed E-state index contributed by atoms with van der Waals surface area (Å²) < 4.78 is 10.6. The highest BCUT2D eigenvalue weighted by molar-refractivity contribution is 5.88. The van der Waals surface area contributed by atoms with Gasteiger partial charge in [-0.15, -0.1) is 0 Å². The molecule has 7 heteroatoms. The molecule has 1 saturated heterocycles. The van der Waals surface area contributed by atoms with Crippen LogP contribution in [0.15, 0.2) is 35.4 Å². The van der Waals surface area contributed by atoms with Gasteiger partial charge in [0.2, 0.25) is 0 Å². The molecule has 1 fully saturated rings. The molecule has 1 aliphatic rings. The molecule has 2 amide bonds. The Labute approximate surface area is 160 Å². The molecule has 1 aliphatic heterocycles. The summed E-state index contributed by atoms with van der Waals surface area (Å²) in [5.41, 5.74) is 3.64. The van der Waals surface area contributed by atoms with E-state index in [4.69, 9.17) is 9.47 Å². The van der Waals surface area contributed by atoms with E-state index in [9.17, 15) is 9.59 Å². The van der Waals surface area contributed by atoms with Crippen molar-refractivity contribution < 1.29 is 19.1 Å². The van der Waals surface area contributed by atoms with Crippen molar-refractivity contribution >= 4 is 17.9 Å². The zero-order chi connectivity index (χ0) is 20.0. The Morgan fingerprint density at radius 1 is 1.15 bits per heavy atom. The van der Waals surface area contributed by atoms with Crippen LogP contribution in [0.5, 0.6) is 0 Å². The summed E-state index contributed by atoms with van der Waals surface area (Å²) in [5, 5.41) is 4.18. The van der Waals surface area contributed by atoms with Gasteiger partial charge in [0.15, 0.2) is 0 Å². The van der Waals surface area contributed by atoms with Gasteiger partial charge in [-0.05, 0) is 40.2 Å². The SMILES string of the molecule is C[C@H]1CC(=NNC(=O)OCc2ccccc2)C[C@H](C)N1C(=O)OC(C)(C)C. The molecule has 1 heterocycles. The summed E-state index contributed by atoms with van der Waals surface area (Å²) >= 11 is 0. The minimum Gasteiger partial charge on any atom is -0.444 e. The first-order valence-corrected chi connectivity index (χ1v) is 9.19. The highest BCUT2D eigenvalue weighted by Crippen LogP contribution is 2.23. The van der Waals surface area contributed by atoms with Gasteiger partial charge in [-0.25, -0.2) is 15.0 Å². The van der Waals surface area contributed by atoms with E-state index in [-0.39, 0.29) is 24.8 Å². The van der Waals surface area contributed by atoms with Crippen LogP contribution >= 0.6 is 0 Å². The summed E-state index contributed by atoms with van der Waals surface area (Å²) in [6, 6.07) is 9.32. The van der Waals surface area contributed by atoms with Gasteiger partial charge in [-0.2, -0.15) is 5.10 Å². The fraction of sp³-hybridized carbons (Fsp3) is 0.550. The van der Waals surface area contributed by atoms with E-state index in [2.05, 4.69) is 10.5 Å². The third kappa shape index (κ3) is 6.58. The molecule has 2 atom stereocenters. The Balaban J connectivity index is 1.86. The number of amides is 2. The average Bonchev–Trinajstić information content (AvgIpc) is 2.57. The van der Waals surface area contributed by atoms with Crippen LogP contribution in [0.25, 0.3) is 0 Å². The number of piperidine rings is 1. The van der Waals surface area contributed by atoms with Crippen LogP contribution in [0.4, 0.5) is 9.59 Å². The van der Waals surface area contributed by atoms with Gasteiger partial charge in [0.1, 0.15) is 12.2 Å². The van der Waals surface area contributed by atoms with Crippen LogP contribution in [0.1, 0.15) is 53.0 Å². The van der Waals surface area contributed by atoms with Gasteiger partial charge in [-0.3, -0.25) is 0 Å². The number of hydrogen-bond acceptors (Lipinski definition) is 5. The summed E-state index contributed by atoms with van der Waals surface area (Å²) in [4.78, 5) is 26.0. The molecule has 0 aromatic heterocycles. The van der Waals surface area contributed by atoms with Gasteiger partial charge >= 0.3 is 12.2 Å². The quantitative estimate of drug-likeness (QED) is 0.808. The van der Waals surface area contributed by atoms with E-state index in [1.807, 2.05) is 65.0 Å². The second kappa shape index (κ2) is 8.88. The maximum atomic E-state index is 12.4. The third-order valence-corrected chi connectivity index (χ3v) is 4.13. The Bertz CT molecular complexity index is 668. The lowest BCUT2D eigenvalue weighted by Gasteiger charge is -2.39. The Kier molecular flexibility index (Phi) is 6.82. The molecule has 0 spiro atoms. The van der Waals surface area contributed by atoms with Crippen molar-refractivity contribution in [2.75, 3.05) is 0 Å². The fourth-order valence-corrected chi connectivity index (χ4v) is 3.04. The zero-order valence-corrected chi connectivity index (χ0v) is 16.7. The van der Waals surface area contributed by atoms with Crippen LogP contribution in [-0.4, -0.2) is 40.5 Å². The molecule has 2 rings (SSSR count). The van der Waals surface area contributed by atoms with Crippen molar-refractivity contribution in [2.45, 2.75) is 71.8 Å². The smallest absolute Gasteiger partial charge is 0.428 e. The molecule has 0 saturated carbocycles. The van der Waals surface area contributed by atoms with E-state index in [1.165, 1.54) is 0 Å². The predicted octanol–water partition coefficient (Wildman–Crippen LogP) is 4.08. The van der Waals surface area contributed by atoms with Crippen molar-refractivity contribution in [3.8, 4) is 0 Å². The number of ether oxygens (including phenoxy) is 2. The van der Waals surface area contributed by atoms with Gasteiger partial charge in [0.05, 0.1) is 0 Å². The highest BCUT2D eigenvalue weighted by atomic mass is 16.6. The highest BCUT2D eigenvalue weighted by Gasteiger charge is 2.35. The van der Waals surface area contributed by atoms with Crippen LogP contribution in [0, 0.1) is 0 Å². The van der Waals surface area contributed by atoms with Crippen LogP contribution in [0.3, 0.4) is 0 Å². The first-order valence-electron chi connectivity index (χ1n) is 9.19. The van der Waals surface area contributed by atoms with Crippen LogP contribution < -0.4 is 5.43 Å². The molecule has 1 N–H and O–H groups in total. The second-order valence-electron chi connectivity index (χ2n) is 7.85. The zero-order valence-electron chi connectivity index (χ0n) is 16.7. The number of nitrogens with one attached hydrogen (secondary N) is 1. The van der Waals surface area contributed by atoms with Crippen LogP contribution in [-0.2, 0) is 16.1 Å². The second-order valence-corrected chi connectivity index (χ2v) is 7.85. The Morgan fingerprint density at radius 2 is 1.74 bits per heavy atom. The van der Waals surface area contributed by atoms with Gasteiger partial charge < -0.3 is 14.4 Å². The molecule has 0 unspecified atom stereocenters. The summed E-state index contributed by atoms with van der Waals surface area (Å²) in [5.74, 6) is 0. The maximum absolute atomic E-state index is 12.4. The lowest BCUT2D eigenvalue weighted by molar-refractivity contribution is 0.00749. The first kappa shape index (κ1) is 20.7. The molecule has 148 valence electrons. The lowest BCUT2D eigenvalue weighted by Crippen LogP contribution is -2.52. The monoisotopic (exact) mass is 375 g/mol. The Morgan fingerprint density at radius 3 is 2.30 bits per heavy atom. The fourth-order valence-electron chi connectivity index (χ4n) is 3.04. The van der Waals surface area contributed by atoms with E-state index >= 15 is 0 Å². The number of likely N-dealkylation sites (tertiary alicyclic amines) is 1. The molecule has 0 bridgehead atoms. The van der Waals surface area contributed by atoms with E-state index < -0.39 is 11.7 Å². The standard InChI is InChI=1S/C20H29N3O4/c1-14-11-17(12-15(2)23(14)19(25)27-20(3,4)5)21-22-18(24)26-13-16-9-7-6-8-10-16/h6-10,14-15H,11-13H2,1-5H3,(H,22,24)/t14-,15-/m0/s1. The number of benzene rings is 1. The van der Waals surface area contributed by atoms with E-state index in [0.29, 0.717) is 12.8 Å². The minimum absolute atomic E-state index is 0.0653. The number of nitrogens with zero attached hydrogens (tertiary/aromatic N) is 2. The van der Waals surface area contributed by atoms with Gasteiger partial charge in [-0.1, -0.05) is 30.3 Å². The van der Waals surface area contributed by atoms with Crippen molar-refractivity contribution in [2.24, 2.45) is 5.10 Å². The summed E-state index contributed by atoms with van der Waals surface area (Å²) in [6.45, 7) is 9.63. The molecular weight excluding hydrogens is 346 g/mol. The minimum atomic E-state index is -0.596. The molecule has 1 aromatic carbocycles. The Hall–Kier alpha value is -2.57. The number of rotatable bonds is 3. The lowest BCUT2D eigenvalue weighted by atomic mass is 9.96. The normalized spacial score (nSPS) is 20.0. The van der Waals surface area contributed by atoms with Gasteiger partial charge in [0, 0.05) is 30.6 Å². The van der Waals surface area contributed by atoms with Gasteiger partial charge in [0.25, 0.3) is 0 Å². The number of carbonyl (C=O) groups is 2. The number of hydrogen-bond donors (Lipinski definition) is 1. The van der Waals surface area contributed by atoms with E-state index in [1.54, 1.807) is 4.90 Å². The molecule has 1 aromatic rings. The topological polar surface area (TPSA) is 80.2 Å². The van der Waals surface area contributed by atoms with Crippen molar-refractivity contribution in [3.05, 3.63) is 35.9 Å². The molecule has 7 nitrogen and oxygen atoms in total.